The number of aromatic nitrogens is 2. The van der Waals surface area contributed by atoms with Gasteiger partial charge in [0.25, 0.3) is 5.91 Å². The Morgan fingerprint density at radius 2 is 1.84 bits per heavy atom. The molecule has 0 saturated carbocycles. The van der Waals surface area contributed by atoms with E-state index >= 15 is 0 Å². The molecule has 126 valence electrons. The van der Waals surface area contributed by atoms with E-state index in [1.165, 1.54) is 6.21 Å². The van der Waals surface area contributed by atoms with Gasteiger partial charge < -0.3 is 4.74 Å². The molecule has 0 fully saturated rings. The van der Waals surface area contributed by atoms with Crippen LogP contribution in [0.15, 0.2) is 53.8 Å². The van der Waals surface area contributed by atoms with Gasteiger partial charge in [-0.1, -0.05) is 30.3 Å². The van der Waals surface area contributed by atoms with Gasteiger partial charge >= 0.3 is 0 Å². The Hall–Kier alpha value is -3.28. The van der Waals surface area contributed by atoms with E-state index in [-0.39, 0.29) is 12.5 Å². The number of hydrogen-bond acceptors (Lipinski definition) is 5. The zero-order chi connectivity index (χ0) is 17.6. The Balaban J connectivity index is 1.57. The van der Waals surface area contributed by atoms with Crippen molar-refractivity contribution in [2.24, 2.45) is 5.10 Å². The molecule has 0 aliphatic rings. The predicted octanol–water partition coefficient (Wildman–Crippen LogP) is 2.78. The van der Waals surface area contributed by atoms with Crippen LogP contribution in [0.2, 0.25) is 0 Å². The molecule has 1 amide bonds. The summed E-state index contributed by atoms with van der Waals surface area (Å²) in [4.78, 5) is 20.5. The second kappa shape index (κ2) is 7.53. The molecule has 0 aliphatic carbocycles. The number of hydrogen-bond donors (Lipinski definition) is 1. The van der Waals surface area contributed by atoms with Crippen LogP contribution in [0.25, 0.3) is 11.0 Å². The first kappa shape index (κ1) is 16.6. The molecule has 25 heavy (non-hydrogen) atoms. The third-order valence-electron chi connectivity index (χ3n) is 3.61. The maximum Gasteiger partial charge on any atom is 0.277 e. The molecule has 2 aromatic carbocycles. The maximum absolute atomic E-state index is 11.9. The first-order valence-corrected chi connectivity index (χ1v) is 7.86. The van der Waals surface area contributed by atoms with Crippen molar-refractivity contribution in [2.75, 3.05) is 6.61 Å². The molecular weight excluding hydrogens is 316 g/mol. The summed E-state index contributed by atoms with van der Waals surface area (Å²) in [6, 6.07) is 13.4. The molecular formula is C19H18N4O2. The minimum atomic E-state index is -0.340. The van der Waals surface area contributed by atoms with E-state index < -0.39 is 0 Å². The van der Waals surface area contributed by atoms with Gasteiger partial charge in [-0.2, -0.15) is 5.10 Å². The molecule has 6 nitrogen and oxygen atoms in total. The van der Waals surface area contributed by atoms with Gasteiger partial charge in [-0.15, -0.1) is 0 Å². The van der Waals surface area contributed by atoms with E-state index in [9.17, 15) is 4.79 Å². The van der Waals surface area contributed by atoms with Gasteiger partial charge in [0.15, 0.2) is 6.61 Å². The smallest absolute Gasteiger partial charge is 0.277 e. The molecule has 0 bridgehead atoms. The minimum Gasteiger partial charge on any atom is -0.483 e. The van der Waals surface area contributed by atoms with Crippen molar-refractivity contribution in [2.45, 2.75) is 13.8 Å². The van der Waals surface area contributed by atoms with Crippen LogP contribution in [-0.2, 0) is 4.79 Å². The summed E-state index contributed by atoms with van der Waals surface area (Å²) in [7, 11) is 0. The fourth-order valence-corrected chi connectivity index (χ4v) is 2.40. The summed E-state index contributed by atoms with van der Waals surface area (Å²) < 4.78 is 5.58. The van der Waals surface area contributed by atoms with Gasteiger partial charge in [-0.25, -0.2) is 10.4 Å². The molecule has 0 unspecified atom stereocenters. The number of nitrogens with zero attached hydrogens (tertiary/aromatic N) is 3. The Labute approximate surface area is 145 Å². The van der Waals surface area contributed by atoms with Crippen LogP contribution in [0.1, 0.15) is 16.8 Å². The number of carbonyl (C=O) groups is 1. The number of rotatable bonds is 5. The van der Waals surface area contributed by atoms with E-state index in [1.54, 1.807) is 6.20 Å². The third kappa shape index (κ3) is 4.17. The summed E-state index contributed by atoms with van der Waals surface area (Å²) in [5.41, 5.74) is 6.55. The number of aryl methyl sites for hydroxylation is 2. The highest BCUT2D eigenvalue weighted by Crippen LogP contribution is 2.21. The number of fused-ring (bicyclic) bond motifs is 1. The molecule has 3 rings (SSSR count). The molecule has 1 heterocycles. The average molecular weight is 334 g/mol. The maximum atomic E-state index is 11.9. The van der Waals surface area contributed by atoms with Crippen LogP contribution < -0.4 is 10.2 Å². The van der Waals surface area contributed by atoms with E-state index in [0.29, 0.717) is 5.69 Å². The largest absolute Gasteiger partial charge is 0.483 e. The van der Waals surface area contributed by atoms with Crippen LogP contribution in [0.4, 0.5) is 0 Å². The number of benzene rings is 2. The molecule has 6 heteroatoms. The van der Waals surface area contributed by atoms with Gasteiger partial charge in [0.2, 0.25) is 0 Å². The molecule has 0 aliphatic heterocycles. The molecule has 0 radical (unpaired) electrons. The summed E-state index contributed by atoms with van der Waals surface area (Å²) in [5.74, 6) is 0.384. The van der Waals surface area contributed by atoms with Crippen molar-refractivity contribution in [1.82, 2.24) is 15.4 Å². The summed E-state index contributed by atoms with van der Waals surface area (Å²) in [5, 5.41) is 3.90. The van der Waals surface area contributed by atoms with Crippen LogP contribution >= 0.6 is 0 Å². The number of hydrazone groups is 1. The molecule has 3 aromatic rings. The molecule has 1 N–H and O–H groups in total. The lowest BCUT2D eigenvalue weighted by atomic mass is 10.1. The number of amides is 1. The number of nitrogens with one attached hydrogen (secondary N) is 1. The van der Waals surface area contributed by atoms with Gasteiger partial charge in [0.1, 0.15) is 11.4 Å². The average Bonchev–Trinajstić information content (AvgIpc) is 2.61. The fourth-order valence-electron chi connectivity index (χ4n) is 2.40. The second-order valence-electron chi connectivity index (χ2n) is 5.59. The van der Waals surface area contributed by atoms with Crippen molar-refractivity contribution in [3.63, 3.8) is 0 Å². The first-order valence-electron chi connectivity index (χ1n) is 7.86. The van der Waals surface area contributed by atoms with E-state index in [0.717, 1.165) is 27.9 Å². The minimum absolute atomic E-state index is 0.105. The van der Waals surface area contributed by atoms with Crippen LogP contribution in [0.3, 0.4) is 0 Å². The normalized spacial score (nSPS) is 11.0. The molecule has 0 spiro atoms. The lowest BCUT2D eigenvalue weighted by molar-refractivity contribution is -0.123. The third-order valence-corrected chi connectivity index (χ3v) is 3.61. The fraction of sp³-hybridized carbons (Fsp3) is 0.158. The highest BCUT2D eigenvalue weighted by atomic mass is 16.5. The predicted molar refractivity (Wildman–Crippen MR) is 96.7 cm³/mol. The van der Waals surface area contributed by atoms with Crippen molar-refractivity contribution in [1.29, 1.82) is 0 Å². The Morgan fingerprint density at radius 3 is 2.60 bits per heavy atom. The van der Waals surface area contributed by atoms with Crippen LogP contribution in [0.5, 0.6) is 5.75 Å². The Kier molecular flexibility index (Phi) is 4.99. The molecule has 0 atom stereocenters. The highest BCUT2D eigenvalue weighted by molar-refractivity contribution is 5.84. The molecule has 0 saturated heterocycles. The van der Waals surface area contributed by atoms with Gasteiger partial charge in [0.05, 0.1) is 23.4 Å². The van der Waals surface area contributed by atoms with Gasteiger partial charge in [-0.3, -0.25) is 9.78 Å². The monoisotopic (exact) mass is 334 g/mol. The van der Waals surface area contributed by atoms with Crippen LogP contribution in [-0.4, -0.2) is 28.7 Å². The zero-order valence-electron chi connectivity index (χ0n) is 14.1. The van der Waals surface area contributed by atoms with E-state index in [4.69, 9.17) is 4.74 Å². The zero-order valence-corrected chi connectivity index (χ0v) is 14.1. The number of carbonyl (C=O) groups excluding carboxylic acids is 1. The topological polar surface area (TPSA) is 76.5 Å². The van der Waals surface area contributed by atoms with Gasteiger partial charge in [-0.05, 0) is 37.1 Å². The first-order chi connectivity index (χ1) is 12.1. The highest BCUT2D eigenvalue weighted by Gasteiger charge is 2.06. The summed E-state index contributed by atoms with van der Waals surface area (Å²) >= 11 is 0. The second-order valence-corrected chi connectivity index (χ2v) is 5.59. The van der Waals surface area contributed by atoms with E-state index in [1.807, 2.05) is 56.3 Å². The summed E-state index contributed by atoms with van der Waals surface area (Å²) in [6.07, 6.45) is 3.06. The summed E-state index contributed by atoms with van der Waals surface area (Å²) in [6.45, 7) is 3.78. The van der Waals surface area contributed by atoms with Crippen molar-refractivity contribution < 1.29 is 9.53 Å². The van der Waals surface area contributed by atoms with Crippen molar-refractivity contribution >= 4 is 23.2 Å². The standard InChI is InChI=1S/C19H18N4O2/c1-13-6-5-7-14(2)19(13)25-12-18(24)23-21-11-15-10-20-16-8-3-4-9-17(16)22-15/h3-11H,12H2,1-2H3,(H,23,24)/b21-11-. The van der Waals surface area contributed by atoms with Crippen molar-refractivity contribution in [3.8, 4) is 5.75 Å². The lowest BCUT2D eigenvalue weighted by Crippen LogP contribution is -2.25. The Morgan fingerprint density at radius 1 is 1.12 bits per heavy atom. The van der Waals surface area contributed by atoms with Crippen LogP contribution in [0, 0.1) is 13.8 Å². The van der Waals surface area contributed by atoms with E-state index in [2.05, 4.69) is 20.5 Å². The SMILES string of the molecule is Cc1cccc(C)c1OCC(=O)N/N=C\c1cnc2ccccc2n1. The molecule has 1 aromatic heterocycles. The quantitative estimate of drug-likeness (QED) is 0.575. The van der Waals surface area contributed by atoms with Crippen molar-refractivity contribution in [3.05, 3.63) is 65.5 Å². The van der Waals surface area contributed by atoms with Gasteiger partial charge in [0, 0.05) is 0 Å². The Bertz CT molecular complexity index is 917. The number of para-hydroxylation sites is 3. The number of ether oxygens (including phenoxy) is 1. The lowest BCUT2D eigenvalue weighted by Gasteiger charge is -2.10.